The fourth-order valence-corrected chi connectivity index (χ4v) is 1.51. The number of rotatable bonds is 5. The maximum atomic E-state index is 10.9. The summed E-state index contributed by atoms with van der Waals surface area (Å²) in [7, 11) is 1.37. The number of carbonyl (C=O) groups is 1. The minimum Gasteiger partial charge on any atom is -0.490 e. The van der Waals surface area contributed by atoms with Crippen LogP contribution in [0.5, 0.6) is 5.75 Å². The lowest BCUT2D eigenvalue weighted by Crippen LogP contribution is -1.99. The van der Waals surface area contributed by atoms with E-state index >= 15 is 0 Å². The van der Waals surface area contributed by atoms with Crippen LogP contribution in [0.2, 0.25) is 0 Å². The Morgan fingerprint density at radius 1 is 1.44 bits per heavy atom. The molecule has 0 spiro atoms. The summed E-state index contributed by atoms with van der Waals surface area (Å²) in [5, 5.41) is 10.8. The van der Waals surface area contributed by atoms with Crippen LogP contribution in [0.15, 0.2) is 23.2 Å². The molecule has 18 heavy (non-hydrogen) atoms. The lowest BCUT2D eigenvalue weighted by Gasteiger charge is -2.03. The molecule has 1 aromatic rings. The SMILES string of the molecule is COc1ccc(N=C(C)CC(C)=O)cc1[N+](=O)[O-]. The van der Waals surface area contributed by atoms with Gasteiger partial charge in [-0.05, 0) is 26.0 Å². The van der Waals surface area contributed by atoms with Crippen molar-refractivity contribution in [1.82, 2.24) is 0 Å². The number of ketones is 1. The van der Waals surface area contributed by atoms with Gasteiger partial charge in [0.25, 0.3) is 0 Å². The maximum absolute atomic E-state index is 10.9. The molecule has 0 radical (unpaired) electrons. The van der Waals surface area contributed by atoms with Gasteiger partial charge in [0, 0.05) is 18.2 Å². The highest BCUT2D eigenvalue weighted by molar-refractivity contribution is 6.00. The molecule has 0 bridgehead atoms. The molecule has 0 aliphatic heterocycles. The molecule has 0 unspecified atom stereocenters. The topological polar surface area (TPSA) is 81.8 Å². The Balaban J connectivity index is 3.09. The molecule has 6 nitrogen and oxygen atoms in total. The lowest BCUT2D eigenvalue weighted by molar-refractivity contribution is -0.385. The average molecular weight is 250 g/mol. The van der Waals surface area contributed by atoms with Crippen molar-refractivity contribution in [1.29, 1.82) is 0 Å². The van der Waals surface area contributed by atoms with E-state index in [1.165, 1.54) is 26.2 Å². The number of Topliss-reactive ketones (excluding diaryl/α,β-unsaturated/α-hetero) is 1. The number of ether oxygens (including phenoxy) is 1. The number of hydrogen-bond donors (Lipinski definition) is 0. The Labute approximate surface area is 104 Å². The van der Waals surface area contributed by atoms with Crippen molar-refractivity contribution >= 4 is 22.9 Å². The van der Waals surface area contributed by atoms with Crippen molar-refractivity contribution < 1.29 is 14.5 Å². The zero-order valence-corrected chi connectivity index (χ0v) is 10.5. The third kappa shape index (κ3) is 3.65. The highest BCUT2D eigenvalue weighted by atomic mass is 16.6. The molecule has 0 aromatic heterocycles. The monoisotopic (exact) mass is 250 g/mol. The van der Waals surface area contributed by atoms with Crippen LogP contribution < -0.4 is 4.74 Å². The standard InChI is InChI=1S/C12H14N2O4/c1-8(6-9(2)15)13-10-4-5-12(18-3)11(7-10)14(16)17/h4-5,7H,6H2,1-3H3. The van der Waals surface area contributed by atoms with E-state index in [1.54, 1.807) is 13.0 Å². The zero-order valence-electron chi connectivity index (χ0n) is 10.5. The number of carbonyl (C=O) groups excluding carboxylic acids is 1. The zero-order chi connectivity index (χ0) is 13.7. The average Bonchev–Trinajstić information content (AvgIpc) is 2.27. The summed E-state index contributed by atoms with van der Waals surface area (Å²) in [4.78, 5) is 25.4. The predicted molar refractivity (Wildman–Crippen MR) is 67.7 cm³/mol. The van der Waals surface area contributed by atoms with Crippen LogP contribution in [-0.2, 0) is 4.79 Å². The van der Waals surface area contributed by atoms with Gasteiger partial charge in [-0.3, -0.25) is 19.9 Å². The van der Waals surface area contributed by atoms with Gasteiger partial charge in [-0.25, -0.2) is 0 Å². The molecule has 0 N–H and O–H groups in total. The largest absolute Gasteiger partial charge is 0.490 e. The van der Waals surface area contributed by atoms with Crippen LogP contribution in [0.3, 0.4) is 0 Å². The minimum absolute atomic E-state index is 0.000684. The first kappa shape index (κ1) is 13.8. The summed E-state index contributed by atoms with van der Waals surface area (Å²) in [5.74, 6) is 0.183. The van der Waals surface area contributed by atoms with E-state index in [0.29, 0.717) is 11.4 Å². The number of methoxy groups -OCH3 is 1. The van der Waals surface area contributed by atoms with Crippen molar-refractivity contribution in [3.05, 3.63) is 28.3 Å². The van der Waals surface area contributed by atoms with Crippen LogP contribution in [0.4, 0.5) is 11.4 Å². The van der Waals surface area contributed by atoms with Gasteiger partial charge in [-0.15, -0.1) is 0 Å². The van der Waals surface area contributed by atoms with Crippen molar-refractivity contribution in [2.75, 3.05) is 7.11 Å². The highest BCUT2D eigenvalue weighted by Gasteiger charge is 2.14. The minimum atomic E-state index is -0.530. The van der Waals surface area contributed by atoms with E-state index in [-0.39, 0.29) is 23.6 Å². The van der Waals surface area contributed by atoms with Gasteiger partial charge in [0.15, 0.2) is 5.75 Å². The third-order valence-corrected chi connectivity index (χ3v) is 2.18. The van der Waals surface area contributed by atoms with Crippen LogP contribution in [0.25, 0.3) is 0 Å². The predicted octanol–water partition coefficient (Wildman–Crippen LogP) is 2.67. The lowest BCUT2D eigenvalue weighted by atomic mass is 10.2. The van der Waals surface area contributed by atoms with Crippen LogP contribution in [0, 0.1) is 10.1 Å². The molecule has 96 valence electrons. The van der Waals surface area contributed by atoms with Gasteiger partial charge < -0.3 is 4.74 Å². The van der Waals surface area contributed by atoms with E-state index in [0.717, 1.165) is 0 Å². The smallest absolute Gasteiger partial charge is 0.313 e. The first-order chi connectivity index (χ1) is 8.43. The highest BCUT2D eigenvalue weighted by Crippen LogP contribution is 2.31. The van der Waals surface area contributed by atoms with Crippen molar-refractivity contribution in [3.8, 4) is 5.75 Å². The third-order valence-electron chi connectivity index (χ3n) is 2.18. The summed E-state index contributed by atoms with van der Waals surface area (Å²) in [6.45, 7) is 3.17. The van der Waals surface area contributed by atoms with Gasteiger partial charge in [0.1, 0.15) is 5.78 Å². The number of hydrogen-bond acceptors (Lipinski definition) is 5. The van der Waals surface area contributed by atoms with Gasteiger partial charge in [-0.2, -0.15) is 0 Å². The van der Waals surface area contributed by atoms with Crippen LogP contribution in [-0.4, -0.2) is 23.5 Å². The Morgan fingerprint density at radius 3 is 2.61 bits per heavy atom. The van der Waals surface area contributed by atoms with E-state index in [4.69, 9.17) is 4.74 Å². The molecule has 6 heteroatoms. The first-order valence-corrected chi connectivity index (χ1v) is 5.30. The second kappa shape index (κ2) is 5.90. The number of benzene rings is 1. The Morgan fingerprint density at radius 2 is 2.11 bits per heavy atom. The number of aliphatic imine (C=N–C) groups is 1. The molecule has 0 aliphatic carbocycles. The molecular formula is C12H14N2O4. The Kier molecular flexibility index (Phi) is 4.53. The normalized spacial score (nSPS) is 11.2. The quantitative estimate of drug-likeness (QED) is 0.457. The fourth-order valence-electron chi connectivity index (χ4n) is 1.51. The van der Waals surface area contributed by atoms with Crippen molar-refractivity contribution in [2.24, 2.45) is 4.99 Å². The molecule has 0 aliphatic rings. The first-order valence-electron chi connectivity index (χ1n) is 5.30. The second-order valence-corrected chi connectivity index (χ2v) is 3.84. The summed E-state index contributed by atoms with van der Waals surface area (Å²) < 4.78 is 4.89. The molecule has 0 fully saturated rings. The van der Waals surface area contributed by atoms with E-state index in [1.807, 2.05) is 0 Å². The Hall–Kier alpha value is -2.24. The summed E-state index contributed by atoms with van der Waals surface area (Å²) in [5.41, 5.74) is 0.901. The maximum Gasteiger partial charge on any atom is 0.313 e. The van der Waals surface area contributed by atoms with Gasteiger partial charge in [0.2, 0.25) is 0 Å². The number of nitro groups is 1. The summed E-state index contributed by atoms with van der Waals surface area (Å²) in [6, 6.07) is 4.41. The molecule has 0 amide bonds. The molecule has 1 rings (SSSR count). The molecule has 0 saturated heterocycles. The second-order valence-electron chi connectivity index (χ2n) is 3.84. The van der Waals surface area contributed by atoms with Crippen molar-refractivity contribution in [3.63, 3.8) is 0 Å². The molecular weight excluding hydrogens is 236 g/mol. The van der Waals surface area contributed by atoms with Gasteiger partial charge in [0.05, 0.1) is 17.7 Å². The number of nitrogens with zero attached hydrogens (tertiary/aromatic N) is 2. The molecule has 0 heterocycles. The van der Waals surface area contributed by atoms with Crippen LogP contribution in [0.1, 0.15) is 20.3 Å². The Bertz CT molecular complexity index is 509. The van der Waals surface area contributed by atoms with E-state index in [9.17, 15) is 14.9 Å². The molecule has 0 saturated carbocycles. The summed E-state index contributed by atoms with van der Waals surface area (Å²) >= 11 is 0. The van der Waals surface area contributed by atoms with Gasteiger partial charge >= 0.3 is 5.69 Å². The van der Waals surface area contributed by atoms with Crippen molar-refractivity contribution in [2.45, 2.75) is 20.3 Å². The molecule has 0 atom stereocenters. The fraction of sp³-hybridized carbons (Fsp3) is 0.333. The summed E-state index contributed by atoms with van der Waals surface area (Å²) in [6.07, 6.45) is 0.236. The van der Waals surface area contributed by atoms with Gasteiger partial charge in [-0.1, -0.05) is 0 Å². The van der Waals surface area contributed by atoms with Crippen LogP contribution >= 0.6 is 0 Å². The van der Waals surface area contributed by atoms with E-state index in [2.05, 4.69) is 4.99 Å². The number of nitro benzene ring substituents is 1. The molecule has 1 aromatic carbocycles. The van der Waals surface area contributed by atoms with E-state index < -0.39 is 4.92 Å².